The van der Waals surface area contributed by atoms with Crippen LogP contribution in [-0.2, 0) is 0 Å². The zero-order valence-corrected chi connectivity index (χ0v) is 13.1. The molecule has 0 saturated carbocycles. The van der Waals surface area contributed by atoms with Crippen LogP contribution < -0.4 is 9.47 Å². The van der Waals surface area contributed by atoms with E-state index in [0.29, 0.717) is 16.3 Å². The Morgan fingerprint density at radius 1 is 1.00 bits per heavy atom. The van der Waals surface area contributed by atoms with Crippen LogP contribution in [0.4, 0.5) is 0 Å². The molecule has 0 atom stereocenters. The molecule has 112 valence electrons. The molecule has 2 aromatic carbocycles. The molecule has 0 fully saturated rings. The van der Waals surface area contributed by atoms with Crippen molar-refractivity contribution in [3.63, 3.8) is 0 Å². The summed E-state index contributed by atoms with van der Waals surface area (Å²) in [7, 11) is 3.21. The molecule has 5 nitrogen and oxygen atoms in total. The Morgan fingerprint density at radius 3 is 2.41 bits per heavy atom. The second-order valence-electron chi connectivity index (χ2n) is 4.59. The molecule has 0 radical (unpaired) electrons. The first-order chi connectivity index (χ1) is 10.7. The van der Waals surface area contributed by atoms with Gasteiger partial charge in [0.05, 0.1) is 19.9 Å². The number of rotatable bonds is 4. The van der Waals surface area contributed by atoms with E-state index in [2.05, 4.69) is 10.2 Å². The second-order valence-corrected chi connectivity index (χ2v) is 4.98. The zero-order chi connectivity index (χ0) is 15.5. The predicted octanol–water partition coefficient (Wildman–Crippen LogP) is 3.61. The number of H-pyrrole nitrogens is 1. The Kier molecular flexibility index (Phi) is 3.93. The summed E-state index contributed by atoms with van der Waals surface area (Å²) in [5.74, 6) is 2.06. The van der Waals surface area contributed by atoms with Gasteiger partial charge < -0.3 is 9.47 Å². The van der Waals surface area contributed by atoms with Crippen molar-refractivity contribution in [3.8, 4) is 28.6 Å². The first-order valence-electron chi connectivity index (χ1n) is 6.70. The Balaban J connectivity index is 2.17. The van der Waals surface area contributed by atoms with E-state index < -0.39 is 0 Å². The van der Waals surface area contributed by atoms with Crippen LogP contribution in [0.2, 0.25) is 0 Å². The molecule has 0 saturated heterocycles. The highest BCUT2D eigenvalue weighted by Gasteiger charge is 2.13. The monoisotopic (exact) mass is 313 g/mol. The van der Waals surface area contributed by atoms with Crippen molar-refractivity contribution >= 4 is 12.2 Å². The SMILES string of the molecule is COc1ccc(-n2c(-c3ccccc3)n[nH]c2=S)cc1OC. The summed E-state index contributed by atoms with van der Waals surface area (Å²) in [6.45, 7) is 0. The summed E-state index contributed by atoms with van der Waals surface area (Å²) in [5, 5.41) is 7.18. The lowest BCUT2D eigenvalue weighted by atomic mass is 10.2. The summed E-state index contributed by atoms with van der Waals surface area (Å²) in [5.41, 5.74) is 1.83. The maximum atomic E-state index is 5.37. The topological polar surface area (TPSA) is 52.1 Å². The van der Waals surface area contributed by atoms with Gasteiger partial charge in [0.15, 0.2) is 22.1 Å². The molecule has 1 N–H and O–H groups in total. The maximum Gasteiger partial charge on any atom is 0.200 e. The van der Waals surface area contributed by atoms with Crippen LogP contribution >= 0.6 is 12.2 Å². The van der Waals surface area contributed by atoms with E-state index >= 15 is 0 Å². The Morgan fingerprint density at radius 2 is 1.73 bits per heavy atom. The van der Waals surface area contributed by atoms with Gasteiger partial charge in [-0.05, 0) is 24.4 Å². The highest BCUT2D eigenvalue weighted by atomic mass is 32.1. The zero-order valence-electron chi connectivity index (χ0n) is 12.2. The third-order valence-corrected chi connectivity index (χ3v) is 3.60. The number of nitrogens with zero attached hydrogens (tertiary/aromatic N) is 2. The number of benzene rings is 2. The quantitative estimate of drug-likeness (QED) is 0.748. The molecule has 0 unspecified atom stereocenters. The van der Waals surface area contributed by atoms with E-state index in [4.69, 9.17) is 21.7 Å². The van der Waals surface area contributed by atoms with Gasteiger partial charge in [-0.15, -0.1) is 0 Å². The first kappa shape index (κ1) is 14.3. The van der Waals surface area contributed by atoms with Crippen LogP contribution in [0.15, 0.2) is 48.5 Å². The maximum absolute atomic E-state index is 5.37. The van der Waals surface area contributed by atoms with Gasteiger partial charge in [-0.3, -0.25) is 9.67 Å². The van der Waals surface area contributed by atoms with Gasteiger partial charge in [0.25, 0.3) is 0 Å². The second kappa shape index (κ2) is 6.03. The van der Waals surface area contributed by atoms with Crippen molar-refractivity contribution in [2.24, 2.45) is 0 Å². The molecule has 0 aliphatic carbocycles. The normalized spacial score (nSPS) is 10.5. The van der Waals surface area contributed by atoms with Gasteiger partial charge in [0.2, 0.25) is 0 Å². The van der Waals surface area contributed by atoms with Gasteiger partial charge in [-0.2, -0.15) is 5.10 Å². The number of methoxy groups -OCH3 is 2. The number of hydrogen-bond acceptors (Lipinski definition) is 4. The highest BCUT2D eigenvalue weighted by molar-refractivity contribution is 7.71. The third kappa shape index (κ3) is 2.48. The fourth-order valence-electron chi connectivity index (χ4n) is 2.28. The number of aromatic nitrogens is 3. The minimum atomic E-state index is 0.520. The van der Waals surface area contributed by atoms with Crippen molar-refractivity contribution in [1.82, 2.24) is 14.8 Å². The van der Waals surface area contributed by atoms with E-state index in [9.17, 15) is 0 Å². The Bertz CT molecular complexity index is 840. The molecule has 0 aliphatic rings. The van der Waals surface area contributed by atoms with E-state index in [-0.39, 0.29) is 0 Å². The Hall–Kier alpha value is -2.60. The average molecular weight is 313 g/mol. The Labute approximate surface area is 133 Å². The molecule has 0 bridgehead atoms. The number of aromatic amines is 1. The van der Waals surface area contributed by atoms with E-state index in [1.165, 1.54) is 0 Å². The van der Waals surface area contributed by atoms with E-state index in [1.54, 1.807) is 14.2 Å². The summed E-state index contributed by atoms with van der Waals surface area (Å²) in [6.07, 6.45) is 0. The summed E-state index contributed by atoms with van der Waals surface area (Å²) in [6, 6.07) is 15.5. The van der Waals surface area contributed by atoms with E-state index in [1.807, 2.05) is 53.1 Å². The third-order valence-electron chi connectivity index (χ3n) is 3.33. The average Bonchev–Trinajstić information content (AvgIpc) is 2.96. The molecule has 0 spiro atoms. The number of ether oxygens (including phenoxy) is 2. The van der Waals surface area contributed by atoms with Gasteiger partial charge in [0.1, 0.15) is 0 Å². The van der Waals surface area contributed by atoms with Gasteiger partial charge >= 0.3 is 0 Å². The summed E-state index contributed by atoms with van der Waals surface area (Å²) in [4.78, 5) is 0. The van der Waals surface area contributed by atoms with Crippen molar-refractivity contribution in [1.29, 1.82) is 0 Å². The van der Waals surface area contributed by atoms with Crippen LogP contribution in [0.25, 0.3) is 17.1 Å². The van der Waals surface area contributed by atoms with Crippen LogP contribution in [0, 0.1) is 4.77 Å². The standard InChI is InChI=1S/C16H15N3O2S/c1-20-13-9-8-12(10-14(13)21-2)19-15(17-18-16(19)22)11-6-4-3-5-7-11/h3-10H,1-2H3,(H,18,22). The predicted molar refractivity (Wildman–Crippen MR) is 87.3 cm³/mol. The molecule has 0 aliphatic heterocycles. The largest absolute Gasteiger partial charge is 0.493 e. The highest BCUT2D eigenvalue weighted by Crippen LogP contribution is 2.31. The molecular weight excluding hydrogens is 298 g/mol. The lowest BCUT2D eigenvalue weighted by molar-refractivity contribution is 0.355. The summed E-state index contributed by atoms with van der Waals surface area (Å²) >= 11 is 5.37. The summed E-state index contributed by atoms with van der Waals surface area (Å²) < 4.78 is 13.0. The van der Waals surface area contributed by atoms with Crippen LogP contribution in [-0.4, -0.2) is 29.0 Å². The van der Waals surface area contributed by atoms with Crippen molar-refractivity contribution in [3.05, 3.63) is 53.3 Å². The van der Waals surface area contributed by atoms with Crippen LogP contribution in [0.3, 0.4) is 0 Å². The lowest BCUT2D eigenvalue weighted by Crippen LogP contribution is -1.99. The number of hydrogen-bond donors (Lipinski definition) is 1. The van der Waals surface area contributed by atoms with Crippen molar-refractivity contribution < 1.29 is 9.47 Å². The molecule has 0 amide bonds. The van der Waals surface area contributed by atoms with Crippen molar-refractivity contribution in [2.75, 3.05) is 14.2 Å². The number of nitrogens with one attached hydrogen (secondary N) is 1. The lowest BCUT2D eigenvalue weighted by Gasteiger charge is -2.11. The molecule has 22 heavy (non-hydrogen) atoms. The van der Waals surface area contributed by atoms with Crippen LogP contribution in [0.5, 0.6) is 11.5 Å². The minimum Gasteiger partial charge on any atom is -0.493 e. The fourth-order valence-corrected chi connectivity index (χ4v) is 2.52. The molecule has 1 heterocycles. The smallest absolute Gasteiger partial charge is 0.200 e. The minimum absolute atomic E-state index is 0.520. The van der Waals surface area contributed by atoms with Gasteiger partial charge in [-0.1, -0.05) is 30.3 Å². The van der Waals surface area contributed by atoms with Gasteiger partial charge in [-0.25, -0.2) is 0 Å². The van der Waals surface area contributed by atoms with Gasteiger partial charge in [0, 0.05) is 11.6 Å². The molecule has 3 aromatic rings. The molecule has 3 rings (SSSR count). The first-order valence-corrected chi connectivity index (χ1v) is 7.10. The fraction of sp³-hybridized carbons (Fsp3) is 0.125. The molecular formula is C16H15N3O2S. The van der Waals surface area contributed by atoms with Crippen molar-refractivity contribution in [2.45, 2.75) is 0 Å². The molecule has 6 heteroatoms. The van der Waals surface area contributed by atoms with Crippen LogP contribution in [0.1, 0.15) is 0 Å². The van der Waals surface area contributed by atoms with E-state index in [0.717, 1.165) is 17.1 Å². The molecule has 1 aromatic heterocycles.